The Labute approximate surface area is 119 Å². The fourth-order valence-electron chi connectivity index (χ4n) is 2.62. The number of carbonyl (C=O) groups is 1. The Morgan fingerprint density at radius 2 is 2.00 bits per heavy atom. The predicted octanol–water partition coefficient (Wildman–Crippen LogP) is 1.64. The molecule has 1 aliphatic rings. The highest BCUT2D eigenvalue weighted by Crippen LogP contribution is 2.32. The van der Waals surface area contributed by atoms with Crippen molar-refractivity contribution in [1.82, 2.24) is 0 Å². The van der Waals surface area contributed by atoms with Crippen LogP contribution in [0.15, 0.2) is 29.2 Å². The van der Waals surface area contributed by atoms with Gasteiger partial charge >= 0.3 is 5.97 Å². The first-order chi connectivity index (χ1) is 9.36. The number of nitrogens with zero attached hydrogens (tertiary/aromatic N) is 1. The molecule has 0 radical (unpaired) electrons. The maximum absolute atomic E-state index is 12.1. The van der Waals surface area contributed by atoms with E-state index in [0.717, 1.165) is 0 Å². The largest absolute Gasteiger partial charge is 0.481 e. The van der Waals surface area contributed by atoms with Gasteiger partial charge in [0.1, 0.15) is 0 Å². The van der Waals surface area contributed by atoms with Crippen LogP contribution in [-0.2, 0) is 14.6 Å². The fourth-order valence-corrected chi connectivity index (χ4v) is 3.73. The Hall–Kier alpha value is -1.56. The Morgan fingerprint density at radius 1 is 1.35 bits per heavy atom. The molecule has 6 heteroatoms. The third-order valence-electron chi connectivity index (χ3n) is 3.85. The highest BCUT2D eigenvalue weighted by Gasteiger charge is 2.36. The maximum atomic E-state index is 12.1. The summed E-state index contributed by atoms with van der Waals surface area (Å²) < 4.78 is 24.3. The van der Waals surface area contributed by atoms with Crippen LogP contribution >= 0.6 is 0 Å². The lowest BCUT2D eigenvalue weighted by Crippen LogP contribution is -2.24. The number of hydrogen-bond acceptors (Lipinski definition) is 4. The molecule has 1 fully saturated rings. The van der Waals surface area contributed by atoms with Gasteiger partial charge in [-0.15, -0.1) is 0 Å². The van der Waals surface area contributed by atoms with E-state index in [-0.39, 0.29) is 11.7 Å². The number of carboxylic acids is 1. The molecule has 1 N–H and O–H groups in total. The second kappa shape index (κ2) is 5.44. The smallest absolute Gasteiger partial charge is 0.308 e. The molecule has 5 nitrogen and oxygen atoms in total. The Bertz CT molecular complexity index is 611. The molecular weight excluding hydrogens is 278 g/mol. The monoisotopic (exact) mass is 297 g/mol. The molecule has 1 aromatic rings. The first kappa shape index (κ1) is 14.8. The molecule has 110 valence electrons. The van der Waals surface area contributed by atoms with Crippen molar-refractivity contribution in [3.05, 3.63) is 24.3 Å². The SMILES string of the molecule is CCS(=O)(=O)c1ccccc1N1CC(C)C(C(=O)O)C1. The molecule has 2 atom stereocenters. The van der Waals surface area contributed by atoms with Gasteiger partial charge in [0, 0.05) is 13.1 Å². The molecule has 0 bridgehead atoms. The Kier molecular flexibility index (Phi) is 4.04. The van der Waals surface area contributed by atoms with Crippen LogP contribution in [0.5, 0.6) is 0 Å². The van der Waals surface area contributed by atoms with Gasteiger partial charge in [0.05, 0.1) is 22.3 Å². The third kappa shape index (κ3) is 2.65. The molecule has 0 saturated carbocycles. The summed E-state index contributed by atoms with van der Waals surface area (Å²) in [5.41, 5.74) is 0.616. The molecule has 1 aromatic carbocycles. The molecule has 2 rings (SSSR count). The second-order valence-corrected chi connectivity index (χ2v) is 7.44. The minimum absolute atomic E-state index is 0.00452. The summed E-state index contributed by atoms with van der Waals surface area (Å²) in [7, 11) is -3.31. The van der Waals surface area contributed by atoms with Crippen molar-refractivity contribution in [2.75, 3.05) is 23.7 Å². The molecule has 20 heavy (non-hydrogen) atoms. The standard InChI is InChI=1S/C14H19NO4S/c1-3-20(18,19)13-7-5-4-6-12(13)15-8-10(2)11(9-15)14(16)17/h4-7,10-11H,3,8-9H2,1-2H3,(H,16,17). The van der Waals surface area contributed by atoms with E-state index in [1.54, 1.807) is 31.2 Å². The quantitative estimate of drug-likeness (QED) is 0.914. The number of anilines is 1. The summed E-state index contributed by atoms with van der Waals surface area (Å²) in [5.74, 6) is -1.23. The zero-order valence-electron chi connectivity index (χ0n) is 11.6. The summed E-state index contributed by atoms with van der Waals surface area (Å²) in [6, 6.07) is 6.81. The highest BCUT2D eigenvalue weighted by atomic mass is 32.2. The summed E-state index contributed by atoms with van der Waals surface area (Å²) in [4.78, 5) is 13.3. The van der Waals surface area contributed by atoms with Crippen LogP contribution in [0, 0.1) is 11.8 Å². The molecule has 1 saturated heterocycles. The van der Waals surface area contributed by atoms with E-state index >= 15 is 0 Å². The first-order valence-corrected chi connectivity index (χ1v) is 8.31. The Morgan fingerprint density at radius 3 is 2.55 bits per heavy atom. The van der Waals surface area contributed by atoms with Crippen molar-refractivity contribution < 1.29 is 18.3 Å². The van der Waals surface area contributed by atoms with E-state index < -0.39 is 21.7 Å². The van der Waals surface area contributed by atoms with Gasteiger partial charge in [-0.25, -0.2) is 8.42 Å². The van der Waals surface area contributed by atoms with Gasteiger partial charge in [0.15, 0.2) is 9.84 Å². The van der Waals surface area contributed by atoms with Gasteiger partial charge in [0.2, 0.25) is 0 Å². The number of hydrogen-bond donors (Lipinski definition) is 1. The van der Waals surface area contributed by atoms with E-state index in [1.165, 1.54) is 0 Å². The van der Waals surface area contributed by atoms with Gasteiger partial charge < -0.3 is 10.0 Å². The zero-order chi connectivity index (χ0) is 14.9. The van der Waals surface area contributed by atoms with Gasteiger partial charge in [-0.2, -0.15) is 0 Å². The van der Waals surface area contributed by atoms with E-state index in [9.17, 15) is 18.3 Å². The van der Waals surface area contributed by atoms with E-state index in [4.69, 9.17) is 0 Å². The van der Waals surface area contributed by atoms with Crippen molar-refractivity contribution in [2.24, 2.45) is 11.8 Å². The first-order valence-electron chi connectivity index (χ1n) is 6.66. The van der Waals surface area contributed by atoms with Gasteiger partial charge in [-0.05, 0) is 18.1 Å². The van der Waals surface area contributed by atoms with Crippen LogP contribution in [0.3, 0.4) is 0 Å². The second-order valence-electron chi connectivity index (χ2n) is 5.20. The lowest BCUT2D eigenvalue weighted by Gasteiger charge is -2.21. The molecular formula is C14H19NO4S. The number of rotatable bonds is 4. The number of sulfone groups is 1. The average Bonchev–Trinajstić information content (AvgIpc) is 2.81. The molecule has 0 aromatic heterocycles. The molecule has 0 amide bonds. The van der Waals surface area contributed by atoms with Crippen LogP contribution in [0.2, 0.25) is 0 Å². The Balaban J connectivity index is 2.38. The highest BCUT2D eigenvalue weighted by molar-refractivity contribution is 7.91. The normalized spacial score (nSPS) is 23.0. The van der Waals surface area contributed by atoms with E-state index in [0.29, 0.717) is 23.7 Å². The van der Waals surface area contributed by atoms with Crippen molar-refractivity contribution in [2.45, 2.75) is 18.7 Å². The van der Waals surface area contributed by atoms with Crippen LogP contribution < -0.4 is 4.90 Å². The molecule has 2 unspecified atom stereocenters. The van der Waals surface area contributed by atoms with Crippen molar-refractivity contribution in [1.29, 1.82) is 0 Å². The lowest BCUT2D eigenvalue weighted by atomic mass is 9.99. The van der Waals surface area contributed by atoms with Crippen molar-refractivity contribution in [3.8, 4) is 0 Å². The van der Waals surface area contributed by atoms with Gasteiger partial charge in [-0.1, -0.05) is 26.0 Å². The topological polar surface area (TPSA) is 74.7 Å². The van der Waals surface area contributed by atoms with Crippen molar-refractivity contribution >= 4 is 21.5 Å². The van der Waals surface area contributed by atoms with Crippen LogP contribution in [0.1, 0.15) is 13.8 Å². The maximum Gasteiger partial charge on any atom is 0.308 e. The van der Waals surface area contributed by atoms with Crippen LogP contribution in [0.25, 0.3) is 0 Å². The lowest BCUT2D eigenvalue weighted by molar-refractivity contribution is -0.142. The van der Waals surface area contributed by atoms with E-state index in [1.807, 2.05) is 11.8 Å². The molecule has 0 spiro atoms. The third-order valence-corrected chi connectivity index (χ3v) is 5.63. The summed E-state index contributed by atoms with van der Waals surface area (Å²) >= 11 is 0. The minimum Gasteiger partial charge on any atom is -0.481 e. The van der Waals surface area contributed by atoms with Gasteiger partial charge in [0.25, 0.3) is 0 Å². The van der Waals surface area contributed by atoms with Crippen LogP contribution in [0.4, 0.5) is 5.69 Å². The molecule has 1 heterocycles. The zero-order valence-corrected chi connectivity index (χ0v) is 12.4. The summed E-state index contributed by atoms with van der Waals surface area (Å²) in [6.45, 7) is 4.41. The number of para-hydroxylation sites is 1. The number of carboxylic acid groups (broad SMARTS) is 1. The number of benzene rings is 1. The summed E-state index contributed by atoms with van der Waals surface area (Å²) in [5, 5.41) is 9.18. The number of aliphatic carboxylic acids is 1. The average molecular weight is 297 g/mol. The van der Waals surface area contributed by atoms with Gasteiger partial charge in [-0.3, -0.25) is 4.79 Å². The minimum atomic E-state index is -3.31. The van der Waals surface area contributed by atoms with E-state index in [2.05, 4.69) is 0 Å². The van der Waals surface area contributed by atoms with Crippen molar-refractivity contribution in [3.63, 3.8) is 0 Å². The molecule has 1 aliphatic heterocycles. The molecule has 0 aliphatic carbocycles. The van der Waals surface area contributed by atoms with Crippen LogP contribution in [-0.4, -0.2) is 38.3 Å². The fraction of sp³-hybridized carbons (Fsp3) is 0.500. The predicted molar refractivity (Wildman–Crippen MR) is 76.7 cm³/mol. The summed E-state index contributed by atoms with van der Waals surface area (Å²) in [6.07, 6.45) is 0.